The lowest BCUT2D eigenvalue weighted by atomic mass is 9.76. The van der Waals surface area contributed by atoms with Crippen molar-refractivity contribution in [2.75, 3.05) is 0 Å². The van der Waals surface area contributed by atoms with Crippen LogP contribution >= 0.6 is 21.5 Å². The first-order chi connectivity index (χ1) is 50.9. The minimum atomic E-state index is -0.414. The van der Waals surface area contributed by atoms with Crippen LogP contribution in [0.4, 0.5) is 0 Å². The quantitative estimate of drug-likeness (QED) is 0.0966. The van der Waals surface area contributed by atoms with Crippen LogP contribution in [0.1, 0.15) is 27.7 Å². The number of furan rings is 2. The number of para-hydroxylation sites is 2. The van der Waals surface area contributed by atoms with E-state index >= 15 is 0 Å². The van der Waals surface area contributed by atoms with Crippen molar-refractivity contribution in [1.82, 2.24) is 29.9 Å². The number of aromatic nitrogens is 6. The maximum Gasteiger partial charge on any atom is 0.495 e. The Hall–Kier alpha value is -12.1. The van der Waals surface area contributed by atoms with Crippen LogP contribution in [0, 0.1) is 0 Å². The fraction of sp³-hybridized carbons (Fsp3) is 0.0652. The zero-order chi connectivity index (χ0) is 70.3. The van der Waals surface area contributed by atoms with Gasteiger partial charge in [-0.25, -0.2) is 29.9 Å². The van der Waals surface area contributed by atoms with Gasteiger partial charge in [-0.2, -0.15) is 9.90 Å². The van der Waals surface area contributed by atoms with Crippen molar-refractivity contribution in [3.63, 3.8) is 0 Å². The molecule has 1 aliphatic rings. The topological polar surface area (TPSA) is 122 Å². The molecule has 13 heteroatoms. The molecule has 1 aliphatic heterocycles. The third-order valence-corrected chi connectivity index (χ3v) is 19.9. The van der Waals surface area contributed by atoms with E-state index in [1.165, 1.54) is 11.1 Å². The Balaban J connectivity index is 0.000000127. The number of nitrogens with zero attached hydrogens (tertiary/aromatic N) is 6. The second kappa shape index (κ2) is 28.6. The predicted octanol–water partition coefficient (Wildman–Crippen LogP) is 23.5. The fourth-order valence-electron chi connectivity index (χ4n) is 13.6. The molecule has 105 heavy (non-hydrogen) atoms. The molecule has 0 radical (unpaired) electrons. The van der Waals surface area contributed by atoms with Crippen molar-refractivity contribution in [2.24, 2.45) is 0 Å². The average Bonchev–Trinajstić information content (AvgIpc) is 1.62. The molecule has 19 rings (SSSR count). The highest BCUT2D eigenvalue weighted by Crippen LogP contribution is 2.42. The normalized spacial score (nSPS) is 13.0. The lowest BCUT2D eigenvalue weighted by molar-refractivity contribution is 0.00578. The van der Waals surface area contributed by atoms with Crippen LogP contribution in [0.3, 0.4) is 0 Å². The van der Waals surface area contributed by atoms with Gasteiger partial charge in [0, 0.05) is 70.7 Å². The summed E-state index contributed by atoms with van der Waals surface area (Å²) in [5.74, 6) is 3.75. The first-order valence-corrected chi connectivity index (χ1v) is 35.1. The molecular weight excluding hydrogens is 1330 g/mol. The highest BCUT2D eigenvalue weighted by molar-refractivity contribution is 6.92. The van der Waals surface area contributed by atoms with Crippen molar-refractivity contribution in [3.05, 3.63) is 333 Å². The van der Waals surface area contributed by atoms with Crippen LogP contribution in [0.2, 0.25) is 5.02 Å². The molecule has 0 N–H and O–H groups in total. The third-order valence-electron chi connectivity index (χ3n) is 19.7. The summed E-state index contributed by atoms with van der Waals surface area (Å²) in [5, 5.41) is 9.56. The number of hydrogen-bond acceptors (Lipinski definition) is 10. The molecule has 1 saturated heterocycles. The van der Waals surface area contributed by atoms with Gasteiger partial charge >= 0.3 is 7.12 Å². The Morgan fingerprint density at radius 3 is 1.08 bits per heavy atom. The second-order valence-corrected chi connectivity index (χ2v) is 27.3. The van der Waals surface area contributed by atoms with E-state index in [2.05, 4.69) is 204 Å². The van der Waals surface area contributed by atoms with E-state index in [0.29, 0.717) is 40.0 Å². The fourth-order valence-corrected chi connectivity index (χ4v) is 13.8. The zero-order valence-corrected chi connectivity index (χ0v) is 60.3. The molecule has 0 aliphatic carbocycles. The Morgan fingerprint density at radius 1 is 0.276 bits per heavy atom. The van der Waals surface area contributed by atoms with Crippen LogP contribution in [-0.2, 0) is 9.31 Å². The molecule has 1 fully saturated rings. The van der Waals surface area contributed by atoms with Crippen LogP contribution < -0.4 is 5.46 Å². The van der Waals surface area contributed by atoms with E-state index in [1.54, 1.807) is 0 Å². The van der Waals surface area contributed by atoms with Crippen molar-refractivity contribution in [2.45, 2.75) is 38.9 Å². The monoisotopic (exact) mass is 1400 g/mol. The van der Waals surface area contributed by atoms with Gasteiger partial charge in [-0.3, -0.25) is 0 Å². The Bertz CT molecular complexity index is 6190. The summed E-state index contributed by atoms with van der Waals surface area (Å²) in [6.07, 6.45) is 0. The zero-order valence-electron chi connectivity index (χ0n) is 58.2. The summed E-state index contributed by atoms with van der Waals surface area (Å²) < 4.78 is 25.4. The van der Waals surface area contributed by atoms with Crippen molar-refractivity contribution in [3.8, 4) is 102 Å². The Kier molecular flexibility index (Phi) is 18.4. The molecule has 14 aromatic carbocycles. The number of halogens is 1. The molecule has 5 heterocycles. The van der Waals surface area contributed by atoms with Crippen LogP contribution in [-0.4, -0.2) is 48.2 Å². The van der Waals surface area contributed by atoms with Crippen LogP contribution in [0.15, 0.2) is 336 Å². The average molecular weight is 1400 g/mol. The van der Waals surface area contributed by atoms with E-state index in [-0.39, 0.29) is 21.1 Å². The van der Waals surface area contributed by atoms with Crippen molar-refractivity contribution in [1.29, 1.82) is 0 Å². The number of rotatable bonds is 10. The summed E-state index contributed by atoms with van der Waals surface area (Å²) >= 11 is 6.21. The number of fused-ring (bicyclic) bond motifs is 10. The molecule has 1 atom stereocenters. The van der Waals surface area contributed by atoms with Gasteiger partial charge in [0.25, 0.3) is 0 Å². The highest BCUT2D eigenvalue weighted by Gasteiger charge is 2.52. The Labute approximate surface area is 616 Å². The molecule has 0 spiro atoms. The highest BCUT2D eigenvalue weighted by atomic mass is 35.5. The summed E-state index contributed by atoms with van der Waals surface area (Å²) in [5.41, 5.74) is 16.2. The lowest BCUT2D eigenvalue weighted by Gasteiger charge is -2.32. The molecule has 0 saturated carbocycles. The molecule has 0 amide bonds. The molecule has 10 nitrogen and oxygen atoms in total. The van der Waals surface area contributed by atoms with Gasteiger partial charge in [0.05, 0.1) is 11.2 Å². The summed E-state index contributed by atoms with van der Waals surface area (Å²) in [7, 11) is -0.414. The minimum Gasteiger partial charge on any atom is -0.455 e. The lowest BCUT2D eigenvalue weighted by Crippen LogP contribution is -2.41. The van der Waals surface area contributed by atoms with E-state index < -0.39 is 7.12 Å². The van der Waals surface area contributed by atoms with E-state index in [0.717, 1.165) is 127 Å². The first kappa shape index (κ1) is 67.4. The molecule has 0 bridgehead atoms. The first-order valence-electron chi connectivity index (χ1n) is 34.7. The Morgan fingerprint density at radius 2 is 0.610 bits per heavy atom. The van der Waals surface area contributed by atoms with E-state index in [9.17, 15) is 0 Å². The molecule has 1 unspecified atom stereocenters. The van der Waals surface area contributed by atoms with Crippen LogP contribution in [0.5, 0.6) is 0 Å². The van der Waals surface area contributed by atoms with Gasteiger partial charge in [0.15, 0.2) is 34.9 Å². The minimum absolute atomic E-state index is 0. The van der Waals surface area contributed by atoms with Crippen LogP contribution in [0.25, 0.3) is 167 Å². The predicted molar refractivity (Wildman–Crippen MR) is 436 cm³/mol. The van der Waals surface area contributed by atoms with Gasteiger partial charge in [-0.05, 0) is 120 Å². The summed E-state index contributed by atoms with van der Waals surface area (Å²) in [6, 6.07) is 111. The molecule has 18 aromatic rings. The molecule has 4 aromatic heterocycles. The maximum atomic E-state index is 6.48. The molecular formula is C92H69BClN6O4P. The van der Waals surface area contributed by atoms with Crippen molar-refractivity contribution < 1.29 is 18.1 Å². The van der Waals surface area contributed by atoms with Crippen molar-refractivity contribution >= 4 is 99.5 Å². The van der Waals surface area contributed by atoms with Gasteiger partial charge < -0.3 is 18.1 Å². The van der Waals surface area contributed by atoms with Gasteiger partial charge in [-0.15, -0.1) is 0 Å². The standard InChI is InChI=1S/C43H27N3O.C27H18ClN3.C22H21BO3.H3P/c1-3-11-28(12-4-1)29-21-23-32(24-22-29)42-44-41(31-13-5-2-6-14-31)45-43(46-42)34-17-9-16-33(27-34)35-19-10-15-30-25-26-37-36-18-7-8-20-38(36)47-40(37)39(30)35;28-24-13-7-12-23(18-24)27-30-25(21-10-5-2-6-11-21)29-26(31-27)22-16-14-20(15-17-22)19-8-3-1-4-9-19;1-21(2)22(3,4)26-23(25-21)17-10-7-8-14-12-13-16-15-9-5-6-11-18(15)24-20(16)19(14)17;/h1-27H;1-18H;5-13H,1-4H3;1H3. The second-order valence-electron chi connectivity index (χ2n) is 26.8. The van der Waals surface area contributed by atoms with Gasteiger partial charge in [-0.1, -0.05) is 297 Å². The van der Waals surface area contributed by atoms with E-state index in [1.807, 2.05) is 152 Å². The SMILES string of the molecule is CC1(C)OB(c2cccc3ccc4c5ccccc5oc4c23)OC1(C)C.Clc1cccc(-c2nc(-c3ccccc3)nc(-c3ccc(-c4ccccc4)cc3)n2)c1.P.c1ccc(-c2ccc(-c3nc(-c4ccccc4)nc(-c4cccc(-c5cccc6ccc7c8ccccc8oc7c56)c4)n3)cc2)cc1. The summed E-state index contributed by atoms with van der Waals surface area (Å²) in [4.78, 5) is 29.2. The van der Waals surface area contributed by atoms with Gasteiger partial charge in [0.2, 0.25) is 0 Å². The molecule has 506 valence electrons. The summed E-state index contributed by atoms with van der Waals surface area (Å²) in [6.45, 7) is 8.31. The smallest absolute Gasteiger partial charge is 0.455 e. The number of hydrogen-bond donors (Lipinski definition) is 0. The third kappa shape index (κ3) is 13.5. The maximum absolute atomic E-state index is 6.48. The largest absolute Gasteiger partial charge is 0.495 e. The number of benzene rings is 14. The van der Waals surface area contributed by atoms with E-state index in [4.69, 9.17) is 59.6 Å². The van der Waals surface area contributed by atoms with Gasteiger partial charge in [0.1, 0.15) is 22.3 Å².